The first kappa shape index (κ1) is 25.7. The van der Waals surface area contributed by atoms with Crippen molar-refractivity contribution in [3.8, 4) is 5.75 Å². The first-order valence-corrected chi connectivity index (χ1v) is 12.2. The fourth-order valence-corrected chi connectivity index (χ4v) is 4.46. The molecule has 4 rings (SSSR count). The summed E-state index contributed by atoms with van der Waals surface area (Å²) in [7, 11) is 0. The van der Waals surface area contributed by atoms with E-state index >= 15 is 0 Å². The van der Waals surface area contributed by atoms with Gasteiger partial charge in [0.1, 0.15) is 17.7 Å². The molecule has 0 atom stereocenters. The van der Waals surface area contributed by atoms with Gasteiger partial charge in [-0.05, 0) is 60.2 Å². The van der Waals surface area contributed by atoms with E-state index in [9.17, 15) is 14.7 Å². The predicted octanol–water partition coefficient (Wildman–Crippen LogP) is 4.09. The molecule has 3 aromatic rings. The standard InChI is InChI=1S/C28H31N5O4/c1-18(29)32-13-10-25(11-14-32)37-24-8-6-23(7-9-24)33(15-12-26(34)35)28(36)21-5-3-19-2-4-20(27(30)31)16-22(19)17-21/h2-9,16-17,25,29H,10-15H2,1H3,(H3,30,31)(H,34,35). The number of piperidine rings is 1. The lowest BCUT2D eigenvalue weighted by Crippen LogP contribution is -2.40. The molecule has 0 aliphatic carbocycles. The molecule has 0 bridgehead atoms. The summed E-state index contributed by atoms with van der Waals surface area (Å²) < 4.78 is 6.12. The second-order valence-corrected chi connectivity index (χ2v) is 9.17. The normalized spacial score (nSPS) is 13.8. The van der Waals surface area contributed by atoms with Crippen molar-refractivity contribution >= 4 is 40.0 Å². The largest absolute Gasteiger partial charge is 0.490 e. The highest BCUT2D eigenvalue weighted by molar-refractivity contribution is 6.09. The van der Waals surface area contributed by atoms with Crippen LogP contribution in [0.15, 0.2) is 60.7 Å². The van der Waals surface area contributed by atoms with E-state index < -0.39 is 5.97 Å². The van der Waals surface area contributed by atoms with Crippen LogP contribution < -0.4 is 15.4 Å². The minimum Gasteiger partial charge on any atom is -0.490 e. The van der Waals surface area contributed by atoms with Crippen LogP contribution in [-0.4, -0.2) is 59.3 Å². The van der Waals surface area contributed by atoms with E-state index in [4.69, 9.17) is 21.3 Å². The average molecular weight is 502 g/mol. The van der Waals surface area contributed by atoms with E-state index in [0.717, 1.165) is 36.7 Å². The third-order valence-corrected chi connectivity index (χ3v) is 6.56. The molecule has 37 heavy (non-hydrogen) atoms. The molecule has 1 amide bonds. The van der Waals surface area contributed by atoms with Crippen molar-refractivity contribution in [3.05, 3.63) is 71.8 Å². The van der Waals surface area contributed by atoms with Gasteiger partial charge in [-0.25, -0.2) is 0 Å². The van der Waals surface area contributed by atoms with Gasteiger partial charge in [-0.2, -0.15) is 0 Å². The second-order valence-electron chi connectivity index (χ2n) is 9.17. The number of carboxylic acid groups (broad SMARTS) is 1. The number of nitrogens with two attached hydrogens (primary N) is 1. The molecule has 0 radical (unpaired) electrons. The van der Waals surface area contributed by atoms with Gasteiger partial charge in [0.05, 0.1) is 12.3 Å². The Kier molecular flexibility index (Phi) is 7.71. The number of anilines is 1. The molecule has 1 aliphatic heterocycles. The molecule has 1 saturated heterocycles. The highest BCUT2D eigenvalue weighted by atomic mass is 16.5. The zero-order valence-corrected chi connectivity index (χ0v) is 20.7. The van der Waals surface area contributed by atoms with E-state index in [1.54, 1.807) is 55.5 Å². The van der Waals surface area contributed by atoms with Crippen molar-refractivity contribution in [1.82, 2.24) is 4.90 Å². The Morgan fingerprint density at radius 3 is 2.22 bits per heavy atom. The van der Waals surface area contributed by atoms with E-state index in [-0.39, 0.29) is 30.8 Å². The third-order valence-electron chi connectivity index (χ3n) is 6.56. The van der Waals surface area contributed by atoms with Crippen LogP contribution in [0.1, 0.15) is 42.1 Å². The molecule has 0 saturated carbocycles. The molecule has 9 heteroatoms. The zero-order valence-electron chi connectivity index (χ0n) is 20.7. The Balaban J connectivity index is 1.53. The van der Waals surface area contributed by atoms with Crippen molar-refractivity contribution in [2.75, 3.05) is 24.5 Å². The van der Waals surface area contributed by atoms with Crippen LogP contribution in [0.5, 0.6) is 5.75 Å². The molecular formula is C28H31N5O4. The fourth-order valence-electron chi connectivity index (χ4n) is 4.46. The monoisotopic (exact) mass is 501 g/mol. The summed E-state index contributed by atoms with van der Waals surface area (Å²) in [6.45, 7) is 3.38. The topological polar surface area (TPSA) is 144 Å². The molecule has 0 spiro atoms. The van der Waals surface area contributed by atoms with E-state index in [1.165, 1.54) is 4.90 Å². The average Bonchev–Trinajstić information content (AvgIpc) is 2.89. The Hall–Kier alpha value is -4.40. The van der Waals surface area contributed by atoms with E-state index in [2.05, 4.69) is 0 Å². The maximum absolute atomic E-state index is 13.5. The van der Waals surface area contributed by atoms with Crippen molar-refractivity contribution in [3.63, 3.8) is 0 Å². The zero-order chi connectivity index (χ0) is 26.5. The highest BCUT2D eigenvalue weighted by Gasteiger charge is 2.22. The minimum atomic E-state index is -0.992. The van der Waals surface area contributed by atoms with Gasteiger partial charge in [-0.15, -0.1) is 0 Å². The number of likely N-dealkylation sites (tertiary alicyclic amines) is 1. The van der Waals surface area contributed by atoms with E-state index in [0.29, 0.717) is 28.4 Å². The Morgan fingerprint density at radius 1 is 1.00 bits per heavy atom. The molecule has 0 unspecified atom stereocenters. The lowest BCUT2D eigenvalue weighted by molar-refractivity contribution is -0.136. The van der Waals surface area contributed by atoms with Gasteiger partial charge >= 0.3 is 5.97 Å². The Labute approximate surface area is 215 Å². The molecule has 1 fully saturated rings. The SMILES string of the molecule is CC(=N)N1CCC(Oc2ccc(N(CCC(=O)O)C(=O)c3ccc4ccc(C(=N)N)cc4c3)cc2)CC1. The van der Waals surface area contributed by atoms with Gasteiger partial charge < -0.3 is 25.4 Å². The lowest BCUT2D eigenvalue weighted by Gasteiger charge is -2.32. The number of carboxylic acids is 1. The number of aliphatic carboxylic acids is 1. The quantitative estimate of drug-likeness (QED) is 0.270. The number of fused-ring (bicyclic) bond motifs is 1. The number of hydrogen-bond acceptors (Lipinski definition) is 5. The van der Waals surface area contributed by atoms with Gasteiger partial charge in [-0.1, -0.05) is 18.2 Å². The summed E-state index contributed by atoms with van der Waals surface area (Å²) in [6.07, 6.45) is 1.52. The summed E-state index contributed by atoms with van der Waals surface area (Å²) in [4.78, 5) is 28.3. The smallest absolute Gasteiger partial charge is 0.305 e. The number of nitrogen functional groups attached to an aromatic ring is 1. The summed E-state index contributed by atoms with van der Waals surface area (Å²) in [5.74, 6) is -0.116. The molecule has 9 nitrogen and oxygen atoms in total. The number of nitrogens with zero attached hydrogens (tertiary/aromatic N) is 2. The fraction of sp³-hybridized carbons (Fsp3) is 0.286. The number of carbonyl (C=O) groups is 2. The van der Waals surface area contributed by atoms with Crippen LogP contribution in [0, 0.1) is 10.8 Å². The molecule has 192 valence electrons. The third kappa shape index (κ3) is 6.24. The first-order valence-electron chi connectivity index (χ1n) is 12.2. The van der Waals surface area contributed by atoms with Crippen molar-refractivity contribution < 1.29 is 19.4 Å². The number of hydrogen-bond donors (Lipinski definition) is 4. The first-order chi connectivity index (χ1) is 17.7. The lowest BCUT2D eigenvalue weighted by atomic mass is 10.0. The van der Waals surface area contributed by atoms with Gasteiger partial charge in [0.2, 0.25) is 0 Å². The molecular weight excluding hydrogens is 470 g/mol. The van der Waals surface area contributed by atoms with Crippen LogP contribution in [-0.2, 0) is 4.79 Å². The summed E-state index contributed by atoms with van der Waals surface area (Å²) in [5, 5.41) is 26.4. The molecule has 1 aliphatic rings. The summed E-state index contributed by atoms with van der Waals surface area (Å²) >= 11 is 0. The van der Waals surface area contributed by atoms with Crippen LogP contribution in [0.4, 0.5) is 5.69 Å². The summed E-state index contributed by atoms with van der Waals surface area (Å²) in [5.41, 5.74) is 7.16. The number of benzene rings is 3. The molecule has 5 N–H and O–H groups in total. The number of rotatable bonds is 8. The predicted molar refractivity (Wildman–Crippen MR) is 144 cm³/mol. The van der Waals surface area contributed by atoms with Gasteiger partial charge in [-0.3, -0.25) is 20.4 Å². The van der Waals surface area contributed by atoms with Gasteiger partial charge in [0, 0.05) is 49.3 Å². The number of amidine groups is 2. The Bertz CT molecular complexity index is 1330. The van der Waals surface area contributed by atoms with Gasteiger partial charge in [0.25, 0.3) is 5.91 Å². The van der Waals surface area contributed by atoms with Crippen LogP contribution in [0.3, 0.4) is 0 Å². The second kappa shape index (κ2) is 11.1. The minimum absolute atomic E-state index is 0.0152. The van der Waals surface area contributed by atoms with Crippen LogP contribution in [0.25, 0.3) is 10.8 Å². The highest BCUT2D eigenvalue weighted by Crippen LogP contribution is 2.26. The van der Waals surface area contributed by atoms with Gasteiger partial charge in [0.15, 0.2) is 0 Å². The molecule has 0 aromatic heterocycles. The molecule has 3 aromatic carbocycles. The van der Waals surface area contributed by atoms with E-state index in [1.807, 2.05) is 17.0 Å². The van der Waals surface area contributed by atoms with Crippen LogP contribution in [0.2, 0.25) is 0 Å². The maximum Gasteiger partial charge on any atom is 0.305 e. The summed E-state index contributed by atoms with van der Waals surface area (Å²) in [6, 6.07) is 17.8. The molecule has 1 heterocycles. The number of amides is 1. The number of nitrogens with one attached hydrogen (secondary N) is 2. The number of carbonyl (C=O) groups excluding carboxylic acids is 1. The maximum atomic E-state index is 13.5. The van der Waals surface area contributed by atoms with Crippen molar-refractivity contribution in [2.45, 2.75) is 32.3 Å². The number of ether oxygens (including phenoxy) is 1. The van der Waals surface area contributed by atoms with Crippen molar-refractivity contribution in [2.24, 2.45) is 5.73 Å². The van der Waals surface area contributed by atoms with Crippen LogP contribution >= 0.6 is 0 Å². The Morgan fingerprint density at radius 2 is 1.62 bits per heavy atom. The van der Waals surface area contributed by atoms with Crippen molar-refractivity contribution in [1.29, 1.82) is 10.8 Å².